The van der Waals surface area contributed by atoms with Crippen molar-refractivity contribution >= 4 is 29.5 Å². The fourth-order valence-corrected chi connectivity index (χ4v) is 3.42. The molecule has 0 aromatic rings. The van der Waals surface area contributed by atoms with Crippen LogP contribution in [0.15, 0.2) is 0 Å². The predicted octanol–water partition coefficient (Wildman–Crippen LogP) is 1.10. The number of nitrogens with zero attached hydrogens (tertiary/aromatic N) is 1. The first-order chi connectivity index (χ1) is 9.91. The molecular formula is C14H24N2O4S. The van der Waals surface area contributed by atoms with E-state index in [9.17, 15) is 14.4 Å². The fraction of sp³-hybridized carbons (Fsp3) is 0.786. The van der Waals surface area contributed by atoms with Gasteiger partial charge < -0.3 is 15.3 Å². The van der Waals surface area contributed by atoms with E-state index >= 15 is 0 Å². The van der Waals surface area contributed by atoms with Crippen LogP contribution >= 0.6 is 11.8 Å². The van der Waals surface area contributed by atoms with Crippen molar-refractivity contribution in [1.82, 2.24) is 10.2 Å². The Morgan fingerprint density at radius 1 is 1.29 bits per heavy atom. The molecule has 0 bridgehead atoms. The molecule has 0 saturated heterocycles. The van der Waals surface area contributed by atoms with Crippen molar-refractivity contribution in [3.8, 4) is 0 Å². The Kier molecular flexibility index (Phi) is 7.56. The highest BCUT2D eigenvalue weighted by Gasteiger charge is 2.23. The average molecular weight is 316 g/mol. The highest BCUT2D eigenvalue weighted by Crippen LogP contribution is 2.22. The average Bonchev–Trinajstić information content (AvgIpc) is 2.45. The summed E-state index contributed by atoms with van der Waals surface area (Å²) in [7, 11) is 1.82. The molecule has 1 aliphatic rings. The van der Waals surface area contributed by atoms with E-state index < -0.39 is 12.0 Å². The molecule has 2 amide bonds. The molecule has 1 fully saturated rings. The van der Waals surface area contributed by atoms with Crippen molar-refractivity contribution in [3.63, 3.8) is 0 Å². The maximum absolute atomic E-state index is 12.1. The lowest BCUT2D eigenvalue weighted by molar-refractivity contribution is -0.140. The van der Waals surface area contributed by atoms with E-state index in [-0.39, 0.29) is 23.3 Å². The van der Waals surface area contributed by atoms with Gasteiger partial charge in [-0.3, -0.25) is 9.59 Å². The molecule has 0 aromatic heterocycles. The van der Waals surface area contributed by atoms with Gasteiger partial charge in [-0.15, -0.1) is 11.8 Å². The van der Waals surface area contributed by atoms with Gasteiger partial charge >= 0.3 is 5.97 Å². The molecule has 7 heteroatoms. The first-order valence-electron chi connectivity index (χ1n) is 7.25. The normalized spacial score (nSPS) is 17.0. The second kappa shape index (κ2) is 8.92. The minimum absolute atomic E-state index is 0.0267. The lowest BCUT2D eigenvalue weighted by Crippen LogP contribution is -2.42. The smallest absolute Gasteiger partial charge is 0.327 e. The summed E-state index contributed by atoms with van der Waals surface area (Å²) < 4.78 is 0. The van der Waals surface area contributed by atoms with Gasteiger partial charge in [-0.2, -0.15) is 0 Å². The van der Waals surface area contributed by atoms with Gasteiger partial charge in [0.1, 0.15) is 6.04 Å². The number of hydrogen-bond acceptors (Lipinski definition) is 4. The maximum Gasteiger partial charge on any atom is 0.327 e. The fourth-order valence-electron chi connectivity index (χ4n) is 2.46. The van der Waals surface area contributed by atoms with Crippen LogP contribution in [-0.2, 0) is 14.4 Å². The van der Waals surface area contributed by atoms with Crippen molar-refractivity contribution in [1.29, 1.82) is 0 Å². The van der Waals surface area contributed by atoms with Gasteiger partial charge in [-0.1, -0.05) is 19.3 Å². The summed E-state index contributed by atoms with van der Waals surface area (Å²) in [6, 6.07) is -0.627. The van der Waals surface area contributed by atoms with E-state index in [1.807, 2.05) is 7.05 Å². The summed E-state index contributed by atoms with van der Waals surface area (Å²) in [5.74, 6) is -0.992. The largest absolute Gasteiger partial charge is 0.480 e. The zero-order chi connectivity index (χ0) is 15.8. The van der Waals surface area contributed by atoms with Crippen molar-refractivity contribution in [2.45, 2.75) is 51.1 Å². The Morgan fingerprint density at radius 3 is 2.43 bits per heavy atom. The van der Waals surface area contributed by atoms with Crippen LogP contribution in [0.4, 0.5) is 0 Å². The molecule has 0 heterocycles. The van der Waals surface area contributed by atoms with Crippen molar-refractivity contribution < 1.29 is 19.5 Å². The lowest BCUT2D eigenvalue weighted by Gasteiger charge is -2.31. The molecule has 2 N–H and O–H groups in total. The van der Waals surface area contributed by atoms with Crippen LogP contribution < -0.4 is 5.32 Å². The van der Waals surface area contributed by atoms with E-state index in [1.54, 1.807) is 4.90 Å². The number of carbonyl (C=O) groups is 3. The highest BCUT2D eigenvalue weighted by molar-refractivity contribution is 8.00. The number of carbonyl (C=O) groups excluding carboxylic acids is 2. The maximum atomic E-state index is 12.1. The van der Waals surface area contributed by atoms with Crippen molar-refractivity contribution in [2.24, 2.45) is 0 Å². The Hall–Kier alpha value is -1.24. The SMILES string of the molecule is CC(=O)NC(CSCC(=O)N(C)C1CCCCC1)C(=O)O. The van der Waals surface area contributed by atoms with E-state index in [0.29, 0.717) is 6.04 Å². The van der Waals surface area contributed by atoms with Crippen molar-refractivity contribution in [3.05, 3.63) is 0 Å². The molecule has 0 aliphatic heterocycles. The molecular weight excluding hydrogens is 292 g/mol. The molecule has 1 atom stereocenters. The number of nitrogens with one attached hydrogen (secondary N) is 1. The summed E-state index contributed by atoms with van der Waals surface area (Å²) >= 11 is 1.25. The van der Waals surface area contributed by atoms with Gasteiger partial charge in [0, 0.05) is 25.8 Å². The third-order valence-electron chi connectivity index (χ3n) is 3.70. The number of thioether (sulfide) groups is 1. The number of amides is 2. The monoisotopic (exact) mass is 316 g/mol. The van der Waals surface area contributed by atoms with E-state index in [0.717, 1.165) is 12.8 Å². The van der Waals surface area contributed by atoms with E-state index in [1.165, 1.54) is 37.9 Å². The predicted molar refractivity (Wildman–Crippen MR) is 82.2 cm³/mol. The topological polar surface area (TPSA) is 86.7 Å². The Balaban J connectivity index is 2.33. The van der Waals surface area contributed by atoms with Gasteiger partial charge in [-0.05, 0) is 12.8 Å². The number of hydrogen-bond donors (Lipinski definition) is 2. The van der Waals surface area contributed by atoms with Crippen LogP contribution in [-0.4, -0.2) is 58.4 Å². The first kappa shape index (κ1) is 17.8. The molecule has 21 heavy (non-hydrogen) atoms. The summed E-state index contributed by atoms with van der Waals surface area (Å²) in [5, 5.41) is 11.3. The molecule has 0 spiro atoms. The Morgan fingerprint density at radius 2 is 1.90 bits per heavy atom. The van der Waals surface area contributed by atoms with Gasteiger partial charge in [0.05, 0.1) is 5.75 Å². The zero-order valence-corrected chi connectivity index (χ0v) is 13.4. The quantitative estimate of drug-likeness (QED) is 0.734. The third kappa shape index (κ3) is 6.37. The van der Waals surface area contributed by atoms with Crippen LogP contribution in [0.25, 0.3) is 0 Å². The van der Waals surface area contributed by atoms with Gasteiger partial charge in [-0.25, -0.2) is 4.79 Å². The van der Waals surface area contributed by atoms with Crippen molar-refractivity contribution in [2.75, 3.05) is 18.6 Å². The third-order valence-corrected chi connectivity index (χ3v) is 4.72. The molecule has 1 aliphatic carbocycles. The highest BCUT2D eigenvalue weighted by atomic mass is 32.2. The van der Waals surface area contributed by atoms with Gasteiger partial charge in [0.15, 0.2) is 0 Å². The summed E-state index contributed by atoms with van der Waals surface area (Å²) in [6.07, 6.45) is 5.68. The molecule has 120 valence electrons. The Labute approximate surface area is 129 Å². The molecule has 1 rings (SSSR count). The number of carboxylic acids is 1. The second-order valence-electron chi connectivity index (χ2n) is 5.40. The first-order valence-corrected chi connectivity index (χ1v) is 8.40. The van der Waals surface area contributed by atoms with Crippen LogP contribution in [0.2, 0.25) is 0 Å². The summed E-state index contributed by atoms with van der Waals surface area (Å²) in [6.45, 7) is 1.28. The molecule has 0 aromatic carbocycles. The van der Waals surface area contributed by atoms with E-state index in [2.05, 4.69) is 5.32 Å². The lowest BCUT2D eigenvalue weighted by atomic mass is 9.94. The van der Waals surface area contributed by atoms with E-state index in [4.69, 9.17) is 5.11 Å². The minimum atomic E-state index is -1.08. The van der Waals surface area contributed by atoms with Crippen LogP contribution in [0.5, 0.6) is 0 Å². The standard InChI is InChI=1S/C14H24N2O4S/c1-10(17)15-12(14(19)20)8-21-9-13(18)16(2)11-6-4-3-5-7-11/h11-12H,3-9H2,1-2H3,(H,15,17)(H,19,20). The summed E-state index contributed by atoms with van der Waals surface area (Å²) in [5.41, 5.74) is 0. The summed E-state index contributed by atoms with van der Waals surface area (Å²) in [4.78, 5) is 35.8. The minimum Gasteiger partial charge on any atom is -0.480 e. The number of carboxylic acid groups (broad SMARTS) is 1. The number of rotatable bonds is 7. The zero-order valence-electron chi connectivity index (χ0n) is 12.6. The molecule has 1 unspecified atom stereocenters. The van der Waals surface area contributed by atoms with Gasteiger partial charge in [0.25, 0.3) is 0 Å². The van der Waals surface area contributed by atoms with Crippen LogP contribution in [0.3, 0.4) is 0 Å². The van der Waals surface area contributed by atoms with Crippen LogP contribution in [0, 0.1) is 0 Å². The second-order valence-corrected chi connectivity index (χ2v) is 6.43. The molecule has 1 saturated carbocycles. The van der Waals surface area contributed by atoms with Gasteiger partial charge in [0.2, 0.25) is 11.8 Å². The van der Waals surface area contributed by atoms with Crippen LogP contribution in [0.1, 0.15) is 39.0 Å². The molecule has 0 radical (unpaired) electrons. The molecule has 6 nitrogen and oxygen atoms in total. The Bertz CT molecular complexity index is 383. The number of aliphatic carboxylic acids is 1.